The Balaban J connectivity index is 2.38. The van der Waals surface area contributed by atoms with Gasteiger partial charge in [-0.25, -0.2) is 4.39 Å². The number of halogens is 1. The Bertz CT molecular complexity index is 340. The van der Waals surface area contributed by atoms with E-state index in [4.69, 9.17) is 10.5 Å². The van der Waals surface area contributed by atoms with E-state index in [0.717, 1.165) is 23.3 Å². The van der Waals surface area contributed by atoms with E-state index in [1.807, 2.05) is 18.2 Å². The number of benzene rings is 1. The molecular weight excluding hydrogens is 181 g/mol. The Morgan fingerprint density at radius 2 is 2.29 bits per heavy atom. The van der Waals surface area contributed by atoms with E-state index in [9.17, 15) is 4.39 Å². The Labute approximate surface area is 82.9 Å². The van der Waals surface area contributed by atoms with Crippen molar-refractivity contribution in [1.82, 2.24) is 0 Å². The van der Waals surface area contributed by atoms with Crippen molar-refractivity contribution in [2.45, 2.75) is 25.1 Å². The van der Waals surface area contributed by atoms with E-state index in [2.05, 4.69) is 0 Å². The summed E-state index contributed by atoms with van der Waals surface area (Å²) >= 11 is 0. The quantitative estimate of drug-likeness (QED) is 0.743. The first kappa shape index (κ1) is 9.46. The van der Waals surface area contributed by atoms with E-state index >= 15 is 0 Å². The first-order chi connectivity index (χ1) is 6.72. The molecule has 1 aliphatic rings. The number of nitrogens with two attached hydrogens (primary N) is 1. The maximum atomic E-state index is 13.3. The second kappa shape index (κ2) is 3.58. The topological polar surface area (TPSA) is 35.2 Å². The molecule has 0 saturated carbocycles. The molecule has 0 amide bonds. The summed E-state index contributed by atoms with van der Waals surface area (Å²) < 4.78 is 18.4. The molecule has 1 aliphatic carbocycles. The third-order valence-corrected chi connectivity index (χ3v) is 2.79. The molecule has 3 heteroatoms. The monoisotopic (exact) mass is 195 g/mol. The minimum atomic E-state index is -0.907. The predicted octanol–water partition coefficient (Wildman–Crippen LogP) is 1.98. The van der Waals surface area contributed by atoms with E-state index in [1.165, 1.54) is 0 Å². The molecule has 1 aromatic rings. The molecule has 14 heavy (non-hydrogen) atoms. The highest BCUT2D eigenvalue weighted by Gasteiger charge is 2.26. The number of hydrogen-bond donors (Lipinski definition) is 1. The van der Waals surface area contributed by atoms with Crippen molar-refractivity contribution in [3.8, 4) is 5.75 Å². The number of alkyl halides is 1. The van der Waals surface area contributed by atoms with Crippen LogP contribution in [0.5, 0.6) is 5.75 Å². The summed E-state index contributed by atoms with van der Waals surface area (Å²) in [4.78, 5) is 0. The number of rotatable bonds is 1. The smallest absolute Gasteiger partial charge is 0.120 e. The number of fused-ring (bicyclic) bond motifs is 1. The van der Waals surface area contributed by atoms with Crippen LogP contribution >= 0.6 is 0 Å². The zero-order chi connectivity index (χ0) is 10.1. The van der Waals surface area contributed by atoms with Crippen molar-refractivity contribution < 1.29 is 9.13 Å². The van der Waals surface area contributed by atoms with Gasteiger partial charge < -0.3 is 10.5 Å². The van der Waals surface area contributed by atoms with Gasteiger partial charge in [0.25, 0.3) is 0 Å². The van der Waals surface area contributed by atoms with Gasteiger partial charge in [0, 0.05) is 0 Å². The van der Waals surface area contributed by atoms with E-state index in [1.54, 1.807) is 7.11 Å². The van der Waals surface area contributed by atoms with Gasteiger partial charge in [-0.2, -0.15) is 0 Å². The number of methoxy groups -OCH3 is 1. The van der Waals surface area contributed by atoms with Gasteiger partial charge in [0.15, 0.2) is 0 Å². The van der Waals surface area contributed by atoms with Crippen LogP contribution in [0.25, 0.3) is 0 Å². The van der Waals surface area contributed by atoms with E-state index < -0.39 is 12.2 Å². The minimum Gasteiger partial charge on any atom is -0.497 e. The lowest BCUT2D eigenvalue weighted by Gasteiger charge is -2.25. The van der Waals surface area contributed by atoms with Gasteiger partial charge in [-0.1, -0.05) is 6.07 Å². The van der Waals surface area contributed by atoms with Gasteiger partial charge >= 0.3 is 0 Å². The minimum absolute atomic E-state index is 0.468. The summed E-state index contributed by atoms with van der Waals surface area (Å²) in [7, 11) is 1.63. The molecule has 76 valence electrons. The lowest BCUT2D eigenvalue weighted by Crippen LogP contribution is -2.28. The predicted molar refractivity (Wildman–Crippen MR) is 53.1 cm³/mol. The highest BCUT2D eigenvalue weighted by atomic mass is 19.1. The molecule has 0 heterocycles. The fraction of sp³-hybridized carbons (Fsp3) is 0.455. The van der Waals surface area contributed by atoms with Crippen LogP contribution in [0.15, 0.2) is 18.2 Å². The fourth-order valence-electron chi connectivity index (χ4n) is 1.92. The summed E-state index contributed by atoms with van der Waals surface area (Å²) in [5.41, 5.74) is 7.80. The SMILES string of the molecule is COc1ccc2c(c1)CC[C@H](F)[C@H]2N. The number of aryl methyl sites for hydroxylation is 1. The summed E-state index contributed by atoms with van der Waals surface area (Å²) in [6.45, 7) is 0. The summed E-state index contributed by atoms with van der Waals surface area (Å²) in [5.74, 6) is 0.813. The molecule has 0 saturated heterocycles. The van der Waals surface area contributed by atoms with Gasteiger partial charge in [0.2, 0.25) is 0 Å². The maximum Gasteiger partial charge on any atom is 0.120 e. The molecule has 2 atom stereocenters. The van der Waals surface area contributed by atoms with Gasteiger partial charge in [-0.3, -0.25) is 0 Å². The first-order valence-electron chi connectivity index (χ1n) is 4.79. The van der Waals surface area contributed by atoms with Crippen molar-refractivity contribution in [3.63, 3.8) is 0 Å². The Kier molecular flexibility index (Phi) is 2.42. The van der Waals surface area contributed by atoms with Crippen LogP contribution in [0.1, 0.15) is 23.6 Å². The van der Waals surface area contributed by atoms with Crippen LogP contribution in [-0.4, -0.2) is 13.3 Å². The second-order valence-electron chi connectivity index (χ2n) is 3.65. The first-order valence-corrected chi connectivity index (χ1v) is 4.79. The van der Waals surface area contributed by atoms with Crippen LogP contribution in [0.3, 0.4) is 0 Å². The van der Waals surface area contributed by atoms with Crippen molar-refractivity contribution in [1.29, 1.82) is 0 Å². The standard InChI is InChI=1S/C11H14FNO/c1-14-8-3-4-9-7(6-8)2-5-10(12)11(9)13/h3-4,6,10-11H,2,5,13H2,1H3/t10-,11-/m0/s1. The average molecular weight is 195 g/mol. The molecule has 1 aromatic carbocycles. The Hall–Kier alpha value is -1.09. The van der Waals surface area contributed by atoms with Crippen LogP contribution in [0, 0.1) is 0 Å². The number of ether oxygens (including phenoxy) is 1. The molecule has 2 nitrogen and oxygen atoms in total. The average Bonchev–Trinajstić information content (AvgIpc) is 2.23. The summed E-state index contributed by atoms with van der Waals surface area (Å²) in [6, 6.07) is 5.17. The van der Waals surface area contributed by atoms with E-state index in [-0.39, 0.29) is 0 Å². The summed E-state index contributed by atoms with van der Waals surface area (Å²) in [6.07, 6.45) is 0.360. The molecule has 0 bridgehead atoms. The molecule has 2 rings (SSSR count). The lowest BCUT2D eigenvalue weighted by atomic mass is 9.87. The molecular formula is C11H14FNO. The maximum absolute atomic E-state index is 13.3. The third kappa shape index (κ3) is 1.48. The molecule has 0 spiro atoms. The normalized spacial score (nSPS) is 25.6. The van der Waals surface area contributed by atoms with Crippen molar-refractivity contribution in [2.75, 3.05) is 7.11 Å². The van der Waals surface area contributed by atoms with Gasteiger partial charge in [-0.05, 0) is 36.1 Å². The molecule has 0 radical (unpaired) electrons. The van der Waals surface area contributed by atoms with Gasteiger partial charge in [0.05, 0.1) is 13.2 Å². The van der Waals surface area contributed by atoms with Gasteiger partial charge in [0.1, 0.15) is 11.9 Å². The summed E-state index contributed by atoms with van der Waals surface area (Å²) in [5, 5.41) is 0. The zero-order valence-corrected chi connectivity index (χ0v) is 8.16. The van der Waals surface area contributed by atoms with Crippen LogP contribution in [0.2, 0.25) is 0 Å². The molecule has 0 unspecified atom stereocenters. The lowest BCUT2D eigenvalue weighted by molar-refractivity contribution is 0.254. The third-order valence-electron chi connectivity index (χ3n) is 2.79. The molecule has 0 aromatic heterocycles. The highest BCUT2D eigenvalue weighted by Crippen LogP contribution is 2.32. The zero-order valence-electron chi connectivity index (χ0n) is 8.16. The molecule has 0 fully saturated rings. The van der Waals surface area contributed by atoms with Gasteiger partial charge in [-0.15, -0.1) is 0 Å². The van der Waals surface area contributed by atoms with E-state index in [0.29, 0.717) is 6.42 Å². The van der Waals surface area contributed by atoms with Crippen molar-refractivity contribution in [3.05, 3.63) is 29.3 Å². The highest BCUT2D eigenvalue weighted by molar-refractivity contribution is 5.39. The second-order valence-corrected chi connectivity index (χ2v) is 3.65. The molecule has 0 aliphatic heterocycles. The Morgan fingerprint density at radius 3 is 3.00 bits per heavy atom. The number of hydrogen-bond acceptors (Lipinski definition) is 2. The Morgan fingerprint density at radius 1 is 1.50 bits per heavy atom. The van der Waals surface area contributed by atoms with Crippen LogP contribution in [-0.2, 0) is 6.42 Å². The fourth-order valence-corrected chi connectivity index (χ4v) is 1.92. The van der Waals surface area contributed by atoms with Crippen molar-refractivity contribution in [2.24, 2.45) is 5.73 Å². The van der Waals surface area contributed by atoms with Crippen molar-refractivity contribution >= 4 is 0 Å². The van der Waals surface area contributed by atoms with Crippen LogP contribution in [0.4, 0.5) is 4.39 Å². The largest absolute Gasteiger partial charge is 0.497 e. The molecule has 2 N–H and O–H groups in total. The van der Waals surface area contributed by atoms with Crippen LogP contribution < -0.4 is 10.5 Å².